The van der Waals surface area contributed by atoms with Crippen molar-refractivity contribution in [3.63, 3.8) is 0 Å². The number of hydroxylamine groups is 1. The van der Waals surface area contributed by atoms with Gasteiger partial charge in [-0.2, -0.15) is 0 Å². The van der Waals surface area contributed by atoms with Crippen LogP contribution in [0.5, 0.6) is 0 Å². The van der Waals surface area contributed by atoms with E-state index in [0.29, 0.717) is 12.2 Å². The lowest BCUT2D eigenvalue weighted by molar-refractivity contribution is -0.138. The summed E-state index contributed by atoms with van der Waals surface area (Å²) >= 11 is -2.16. The van der Waals surface area contributed by atoms with Crippen LogP contribution in [0.4, 0.5) is 0 Å². The lowest BCUT2D eigenvalue weighted by atomic mass is 9.88. The number of hydrogen-bond donors (Lipinski definition) is 3. The summed E-state index contributed by atoms with van der Waals surface area (Å²) in [6.45, 7) is 1.84. The maximum atomic E-state index is 11.8. The largest absolute Gasteiger partial charge is 0.306 e. The Labute approximate surface area is 135 Å². The molecule has 0 saturated carbocycles. The van der Waals surface area contributed by atoms with Gasteiger partial charge in [0.05, 0.1) is 17.4 Å². The molecule has 2 atom stereocenters. The van der Waals surface area contributed by atoms with Crippen molar-refractivity contribution in [1.82, 2.24) is 20.5 Å². The number of nitrogens with one attached hydrogen (secondary N) is 1. The number of benzene rings is 1. The minimum absolute atomic E-state index is 0.225. The smallest absolute Gasteiger partial charge is 0.250 e. The standard InChI is InChI=1S/C14H18N4O4S/c1-14(10-23(21)22,13(19)16-20)7-8-18-9-12(15-17-18)11-5-3-2-4-6-11/h2-6,9,20H,7-8,10H2,1H3,(H,16,19)(H,21,22)/t14-/m0/s1. The topological polar surface area (TPSA) is 117 Å². The normalized spacial score (nSPS) is 14.9. The van der Waals surface area contributed by atoms with Crippen LogP contribution in [0.25, 0.3) is 11.3 Å². The molecule has 1 heterocycles. The van der Waals surface area contributed by atoms with E-state index in [2.05, 4.69) is 10.3 Å². The molecule has 0 aliphatic rings. The molecule has 2 rings (SSSR count). The zero-order valence-electron chi connectivity index (χ0n) is 12.5. The van der Waals surface area contributed by atoms with E-state index in [0.717, 1.165) is 5.56 Å². The van der Waals surface area contributed by atoms with Gasteiger partial charge in [0.1, 0.15) is 5.69 Å². The van der Waals surface area contributed by atoms with Crippen LogP contribution in [0.15, 0.2) is 36.5 Å². The molecular weight excluding hydrogens is 320 g/mol. The van der Waals surface area contributed by atoms with Crippen molar-refractivity contribution in [3.05, 3.63) is 36.5 Å². The van der Waals surface area contributed by atoms with E-state index in [1.807, 2.05) is 30.3 Å². The van der Waals surface area contributed by atoms with Gasteiger partial charge in [-0.15, -0.1) is 5.10 Å². The Bertz CT molecular complexity index is 691. The van der Waals surface area contributed by atoms with Gasteiger partial charge in [0.15, 0.2) is 11.1 Å². The number of nitrogens with zero attached hydrogens (tertiary/aromatic N) is 3. The predicted molar refractivity (Wildman–Crippen MR) is 83.7 cm³/mol. The molecule has 124 valence electrons. The Hall–Kier alpha value is -2.10. The summed E-state index contributed by atoms with van der Waals surface area (Å²) in [6, 6.07) is 9.52. The molecule has 0 spiro atoms. The first-order valence-electron chi connectivity index (χ1n) is 6.92. The highest BCUT2D eigenvalue weighted by atomic mass is 32.2. The maximum absolute atomic E-state index is 11.8. The summed E-state index contributed by atoms with van der Waals surface area (Å²) < 4.78 is 21.7. The van der Waals surface area contributed by atoms with Gasteiger partial charge in [0.2, 0.25) is 5.91 Å². The second kappa shape index (κ2) is 7.44. The highest BCUT2D eigenvalue weighted by Crippen LogP contribution is 2.24. The monoisotopic (exact) mass is 338 g/mol. The van der Waals surface area contributed by atoms with E-state index in [1.54, 1.807) is 16.4 Å². The van der Waals surface area contributed by atoms with Crippen molar-refractivity contribution < 1.29 is 18.8 Å². The van der Waals surface area contributed by atoms with Crippen LogP contribution < -0.4 is 5.48 Å². The lowest BCUT2D eigenvalue weighted by Crippen LogP contribution is -2.42. The van der Waals surface area contributed by atoms with Crippen molar-refractivity contribution in [2.75, 3.05) is 5.75 Å². The molecule has 2 aromatic rings. The summed E-state index contributed by atoms with van der Waals surface area (Å²) in [6.07, 6.45) is 1.96. The maximum Gasteiger partial charge on any atom is 0.250 e. The summed E-state index contributed by atoms with van der Waals surface area (Å²) in [5.74, 6) is -0.983. The van der Waals surface area contributed by atoms with Gasteiger partial charge in [0, 0.05) is 12.1 Å². The van der Waals surface area contributed by atoms with Crippen molar-refractivity contribution in [2.24, 2.45) is 5.41 Å². The molecule has 0 saturated heterocycles. The van der Waals surface area contributed by atoms with Gasteiger partial charge in [0.25, 0.3) is 0 Å². The molecule has 0 fully saturated rings. The van der Waals surface area contributed by atoms with Crippen LogP contribution in [0, 0.1) is 5.41 Å². The quantitative estimate of drug-likeness (QED) is 0.395. The van der Waals surface area contributed by atoms with Crippen molar-refractivity contribution in [3.8, 4) is 11.3 Å². The number of rotatable bonds is 7. The highest BCUT2D eigenvalue weighted by molar-refractivity contribution is 7.79. The van der Waals surface area contributed by atoms with Gasteiger partial charge in [-0.05, 0) is 13.3 Å². The summed E-state index contributed by atoms with van der Waals surface area (Å²) in [5.41, 5.74) is 1.98. The Morgan fingerprint density at radius 2 is 2.09 bits per heavy atom. The van der Waals surface area contributed by atoms with E-state index in [1.165, 1.54) is 6.92 Å². The molecule has 3 N–H and O–H groups in total. The molecule has 0 radical (unpaired) electrons. The second-order valence-corrected chi connectivity index (χ2v) is 6.38. The minimum Gasteiger partial charge on any atom is -0.306 e. The van der Waals surface area contributed by atoms with Crippen LogP contribution in [-0.4, -0.2) is 40.6 Å². The molecule has 1 aromatic carbocycles. The molecule has 1 aromatic heterocycles. The number of aryl methyl sites for hydroxylation is 1. The first kappa shape index (κ1) is 17.3. The molecule has 8 nitrogen and oxygen atoms in total. The highest BCUT2D eigenvalue weighted by Gasteiger charge is 2.35. The fourth-order valence-corrected chi connectivity index (χ4v) is 2.99. The second-order valence-electron chi connectivity index (χ2n) is 5.45. The van der Waals surface area contributed by atoms with Crippen molar-refractivity contribution in [2.45, 2.75) is 19.9 Å². The third-order valence-corrected chi connectivity index (χ3v) is 4.48. The Morgan fingerprint density at radius 3 is 2.70 bits per heavy atom. The zero-order chi connectivity index (χ0) is 16.9. The number of amides is 1. The Kier molecular flexibility index (Phi) is 5.59. The lowest BCUT2D eigenvalue weighted by Gasteiger charge is -2.25. The van der Waals surface area contributed by atoms with E-state index < -0.39 is 22.4 Å². The van der Waals surface area contributed by atoms with Crippen LogP contribution in [0.2, 0.25) is 0 Å². The van der Waals surface area contributed by atoms with Gasteiger partial charge in [-0.1, -0.05) is 35.5 Å². The zero-order valence-corrected chi connectivity index (χ0v) is 13.4. The number of aromatic nitrogens is 3. The molecule has 0 aliphatic carbocycles. The molecule has 23 heavy (non-hydrogen) atoms. The molecular formula is C14H18N4O4S. The van der Waals surface area contributed by atoms with Gasteiger partial charge < -0.3 is 4.55 Å². The van der Waals surface area contributed by atoms with Crippen LogP contribution in [0.1, 0.15) is 13.3 Å². The van der Waals surface area contributed by atoms with Crippen LogP contribution >= 0.6 is 0 Å². The molecule has 9 heteroatoms. The molecule has 1 unspecified atom stereocenters. The summed E-state index contributed by atoms with van der Waals surface area (Å²) in [7, 11) is 0. The fourth-order valence-electron chi connectivity index (χ4n) is 2.17. The van der Waals surface area contributed by atoms with Crippen LogP contribution in [0.3, 0.4) is 0 Å². The Balaban J connectivity index is 2.08. The summed E-state index contributed by atoms with van der Waals surface area (Å²) in [4.78, 5) is 11.8. The van der Waals surface area contributed by atoms with Crippen molar-refractivity contribution >= 4 is 17.0 Å². The number of carbonyl (C=O) groups is 1. The van der Waals surface area contributed by atoms with Crippen molar-refractivity contribution in [1.29, 1.82) is 0 Å². The number of carbonyl (C=O) groups excluding carboxylic acids is 1. The molecule has 0 aliphatic heterocycles. The van der Waals surface area contributed by atoms with Gasteiger partial charge in [-0.3, -0.25) is 14.7 Å². The Morgan fingerprint density at radius 1 is 1.39 bits per heavy atom. The third kappa shape index (κ3) is 4.44. The van der Waals surface area contributed by atoms with Gasteiger partial charge >= 0.3 is 0 Å². The number of hydrogen-bond acceptors (Lipinski definition) is 5. The predicted octanol–water partition coefficient (Wildman–Crippen LogP) is 1.07. The third-order valence-electron chi connectivity index (χ3n) is 3.59. The van der Waals surface area contributed by atoms with E-state index in [4.69, 9.17) is 9.76 Å². The first-order valence-corrected chi connectivity index (χ1v) is 8.20. The molecule has 1 amide bonds. The fraction of sp³-hybridized carbons (Fsp3) is 0.357. The SMILES string of the molecule is C[C@](CCn1cc(-c2ccccc2)nn1)(CS(=O)O)C(=O)NO. The van der Waals surface area contributed by atoms with E-state index in [-0.39, 0.29) is 12.2 Å². The first-order chi connectivity index (χ1) is 10.9. The molecule has 0 bridgehead atoms. The van der Waals surface area contributed by atoms with Gasteiger partial charge in [-0.25, -0.2) is 9.69 Å². The van der Waals surface area contributed by atoms with E-state index >= 15 is 0 Å². The van der Waals surface area contributed by atoms with Crippen LogP contribution in [-0.2, 0) is 22.4 Å². The minimum atomic E-state index is -2.16. The average molecular weight is 338 g/mol. The average Bonchev–Trinajstić information content (AvgIpc) is 3.01. The summed E-state index contributed by atoms with van der Waals surface area (Å²) in [5, 5.41) is 16.9. The van der Waals surface area contributed by atoms with E-state index in [9.17, 15) is 9.00 Å².